The number of nitrogens with one attached hydrogen (secondary N) is 1. The van der Waals surface area contributed by atoms with E-state index in [1.54, 1.807) is 0 Å². The summed E-state index contributed by atoms with van der Waals surface area (Å²) >= 11 is 0. The van der Waals surface area contributed by atoms with Crippen molar-refractivity contribution in [2.75, 3.05) is 18.0 Å². The number of nitrogens with zero attached hydrogens (tertiary/aromatic N) is 3. The molecule has 1 aliphatic rings. The molecular weight excluding hydrogens is 260 g/mol. The molecule has 102 valence electrons. The predicted molar refractivity (Wildman–Crippen MR) is 83.1 cm³/mol. The normalized spacial score (nSPS) is 14.0. The lowest BCUT2D eigenvalue weighted by atomic mass is 10.1. The van der Waals surface area contributed by atoms with E-state index >= 15 is 0 Å². The lowest BCUT2D eigenvalue weighted by molar-refractivity contribution is 0.610. The number of anilines is 1. The molecule has 4 heteroatoms. The first-order valence-corrected chi connectivity index (χ1v) is 7.09. The van der Waals surface area contributed by atoms with Crippen LogP contribution in [0, 0.1) is 11.3 Å². The van der Waals surface area contributed by atoms with Crippen LogP contribution in [-0.4, -0.2) is 23.1 Å². The summed E-state index contributed by atoms with van der Waals surface area (Å²) in [6, 6.07) is 14.1. The summed E-state index contributed by atoms with van der Waals surface area (Å²) in [5.41, 5.74) is 3.54. The Balaban J connectivity index is 1.85. The number of hydrogen-bond donors (Lipinski definition) is 1. The van der Waals surface area contributed by atoms with Crippen LogP contribution in [0.1, 0.15) is 12.0 Å². The quantitative estimate of drug-likeness (QED) is 0.780. The van der Waals surface area contributed by atoms with E-state index < -0.39 is 0 Å². The number of nitriles is 1. The monoisotopic (exact) mass is 274 g/mol. The summed E-state index contributed by atoms with van der Waals surface area (Å²) in [7, 11) is 0. The van der Waals surface area contributed by atoms with Crippen molar-refractivity contribution in [2.45, 2.75) is 6.42 Å². The minimum atomic E-state index is 0.664. The van der Waals surface area contributed by atoms with Gasteiger partial charge in [0.15, 0.2) is 0 Å². The molecule has 2 aromatic heterocycles. The van der Waals surface area contributed by atoms with Crippen molar-refractivity contribution in [3.05, 3.63) is 48.2 Å². The first kappa shape index (κ1) is 12.0. The van der Waals surface area contributed by atoms with Gasteiger partial charge in [0.1, 0.15) is 11.9 Å². The largest absolute Gasteiger partial charge is 0.359 e. The Hall–Kier alpha value is -2.80. The molecule has 1 fully saturated rings. The highest BCUT2D eigenvalue weighted by atomic mass is 15.2. The van der Waals surface area contributed by atoms with E-state index in [0.29, 0.717) is 5.56 Å². The number of para-hydroxylation sites is 1. The molecule has 0 radical (unpaired) electrons. The molecule has 0 amide bonds. The molecule has 1 aliphatic heterocycles. The molecule has 1 N–H and O–H groups in total. The van der Waals surface area contributed by atoms with E-state index in [1.165, 1.54) is 6.42 Å². The molecule has 0 spiro atoms. The van der Waals surface area contributed by atoms with E-state index in [0.717, 1.165) is 41.1 Å². The van der Waals surface area contributed by atoms with Gasteiger partial charge in [0.25, 0.3) is 0 Å². The molecule has 3 aromatic rings. The van der Waals surface area contributed by atoms with Crippen LogP contribution >= 0.6 is 0 Å². The van der Waals surface area contributed by atoms with Crippen LogP contribution in [0.25, 0.3) is 22.2 Å². The second kappa shape index (κ2) is 4.64. The van der Waals surface area contributed by atoms with Gasteiger partial charge in [-0.2, -0.15) is 5.26 Å². The van der Waals surface area contributed by atoms with Crippen LogP contribution in [0.15, 0.2) is 42.6 Å². The minimum Gasteiger partial charge on any atom is -0.359 e. The van der Waals surface area contributed by atoms with E-state index in [-0.39, 0.29) is 0 Å². The van der Waals surface area contributed by atoms with Gasteiger partial charge in [0.05, 0.1) is 16.8 Å². The van der Waals surface area contributed by atoms with Crippen LogP contribution < -0.4 is 4.90 Å². The molecule has 4 rings (SSSR count). The Morgan fingerprint density at radius 2 is 2.00 bits per heavy atom. The molecule has 0 aliphatic carbocycles. The van der Waals surface area contributed by atoms with Gasteiger partial charge in [-0.05, 0) is 24.6 Å². The molecule has 0 unspecified atom stereocenters. The Bertz CT molecular complexity index is 853. The molecule has 0 bridgehead atoms. The molecule has 1 aromatic carbocycles. The van der Waals surface area contributed by atoms with Crippen molar-refractivity contribution >= 4 is 16.7 Å². The predicted octanol–water partition coefficient (Wildman–Crippen LogP) is 3.31. The second-order valence-corrected chi connectivity index (χ2v) is 5.26. The minimum absolute atomic E-state index is 0.664. The Labute approximate surface area is 122 Å². The zero-order valence-electron chi connectivity index (χ0n) is 11.5. The third-order valence-corrected chi connectivity index (χ3v) is 4.03. The standard InChI is InChI=1S/C17H14N4/c18-10-12-4-1-5-13-14(11-19-17(12)13)15-6-2-7-16(20-15)21-8-3-9-21/h1-2,4-7,11,19H,3,8-9H2. The number of H-pyrrole nitrogens is 1. The molecule has 0 saturated carbocycles. The summed E-state index contributed by atoms with van der Waals surface area (Å²) in [6.45, 7) is 2.17. The average molecular weight is 274 g/mol. The van der Waals surface area contributed by atoms with Crippen LogP contribution in [0.2, 0.25) is 0 Å². The highest BCUT2D eigenvalue weighted by Crippen LogP contribution is 2.30. The van der Waals surface area contributed by atoms with Crippen molar-refractivity contribution in [3.8, 4) is 17.3 Å². The van der Waals surface area contributed by atoms with Crippen molar-refractivity contribution in [1.82, 2.24) is 9.97 Å². The first-order valence-electron chi connectivity index (χ1n) is 7.09. The fourth-order valence-electron chi connectivity index (χ4n) is 2.75. The topological polar surface area (TPSA) is 55.7 Å². The maximum Gasteiger partial charge on any atom is 0.129 e. The number of aromatic amines is 1. The van der Waals surface area contributed by atoms with Gasteiger partial charge < -0.3 is 9.88 Å². The van der Waals surface area contributed by atoms with Gasteiger partial charge in [-0.15, -0.1) is 0 Å². The lowest BCUT2D eigenvalue weighted by Crippen LogP contribution is -2.37. The van der Waals surface area contributed by atoms with E-state index in [9.17, 15) is 5.26 Å². The van der Waals surface area contributed by atoms with E-state index in [1.807, 2.05) is 36.5 Å². The molecule has 21 heavy (non-hydrogen) atoms. The van der Waals surface area contributed by atoms with Crippen LogP contribution in [0.5, 0.6) is 0 Å². The number of rotatable bonds is 2. The van der Waals surface area contributed by atoms with Crippen LogP contribution in [-0.2, 0) is 0 Å². The molecule has 1 saturated heterocycles. The van der Waals surface area contributed by atoms with Gasteiger partial charge in [-0.1, -0.05) is 18.2 Å². The highest BCUT2D eigenvalue weighted by Gasteiger charge is 2.17. The summed E-state index contributed by atoms with van der Waals surface area (Å²) in [4.78, 5) is 10.2. The zero-order valence-corrected chi connectivity index (χ0v) is 11.5. The SMILES string of the molecule is N#Cc1cccc2c(-c3cccc(N4CCC4)n3)c[nH]c12. The van der Waals surface area contributed by atoms with Gasteiger partial charge in [-0.25, -0.2) is 4.98 Å². The van der Waals surface area contributed by atoms with Crippen molar-refractivity contribution in [1.29, 1.82) is 5.26 Å². The highest BCUT2D eigenvalue weighted by molar-refractivity contribution is 5.97. The third kappa shape index (κ3) is 1.86. The fourth-order valence-corrected chi connectivity index (χ4v) is 2.75. The smallest absolute Gasteiger partial charge is 0.129 e. The second-order valence-electron chi connectivity index (χ2n) is 5.26. The number of pyridine rings is 1. The van der Waals surface area contributed by atoms with Crippen molar-refractivity contribution in [2.24, 2.45) is 0 Å². The zero-order chi connectivity index (χ0) is 14.2. The number of aromatic nitrogens is 2. The summed E-state index contributed by atoms with van der Waals surface area (Å²) in [5.74, 6) is 1.03. The lowest BCUT2D eigenvalue weighted by Gasteiger charge is -2.32. The summed E-state index contributed by atoms with van der Waals surface area (Å²) < 4.78 is 0. The number of benzene rings is 1. The average Bonchev–Trinajstić information content (AvgIpc) is 2.89. The van der Waals surface area contributed by atoms with Gasteiger partial charge in [0, 0.05) is 30.2 Å². The molecule has 0 atom stereocenters. The Morgan fingerprint density at radius 3 is 2.76 bits per heavy atom. The molecular formula is C17H14N4. The van der Waals surface area contributed by atoms with Gasteiger partial charge in [0.2, 0.25) is 0 Å². The first-order chi connectivity index (χ1) is 10.4. The Morgan fingerprint density at radius 1 is 1.14 bits per heavy atom. The summed E-state index contributed by atoms with van der Waals surface area (Å²) in [6.07, 6.45) is 3.18. The van der Waals surface area contributed by atoms with Gasteiger partial charge in [-0.3, -0.25) is 0 Å². The van der Waals surface area contributed by atoms with E-state index in [4.69, 9.17) is 4.98 Å². The molecule has 3 heterocycles. The summed E-state index contributed by atoms with van der Waals surface area (Å²) in [5, 5.41) is 10.2. The number of hydrogen-bond acceptors (Lipinski definition) is 3. The molecule has 4 nitrogen and oxygen atoms in total. The van der Waals surface area contributed by atoms with E-state index in [2.05, 4.69) is 22.0 Å². The maximum atomic E-state index is 9.18. The third-order valence-electron chi connectivity index (χ3n) is 4.03. The fraction of sp³-hybridized carbons (Fsp3) is 0.176. The maximum absolute atomic E-state index is 9.18. The van der Waals surface area contributed by atoms with Crippen LogP contribution in [0.3, 0.4) is 0 Å². The van der Waals surface area contributed by atoms with Crippen molar-refractivity contribution < 1.29 is 0 Å². The van der Waals surface area contributed by atoms with Crippen LogP contribution in [0.4, 0.5) is 5.82 Å². The van der Waals surface area contributed by atoms with Gasteiger partial charge >= 0.3 is 0 Å². The van der Waals surface area contributed by atoms with Crippen molar-refractivity contribution in [3.63, 3.8) is 0 Å². The Kier molecular flexibility index (Phi) is 2.65. The number of fused-ring (bicyclic) bond motifs is 1.